The van der Waals surface area contributed by atoms with Gasteiger partial charge in [0.05, 0.1) is 11.8 Å². The molecule has 5 nitrogen and oxygen atoms in total. The van der Waals surface area contributed by atoms with Gasteiger partial charge in [0.25, 0.3) is 5.91 Å². The van der Waals surface area contributed by atoms with Crippen molar-refractivity contribution < 1.29 is 9.32 Å². The summed E-state index contributed by atoms with van der Waals surface area (Å²) in [7, 11) is 0. The molecule has 0 spiro atoms. The minimum absolute atomic E-state index is 0.0486. The van der Waals surface area contributed by atoms with E-state index < -0.39 is 0 Å². The number of carbonyl (C=O) groups excluding carboxylic acids is 1. The quantitative estimate of drug-likeness (QED) is 0.717. The summed E-state index contributed by atoms with van der Waals surface area (Å²) in [6, 6.07) is 0.862. The molecular weight excluding hydrogens is 194 g/mol. The van der Waals surface area contributed by atoms with E-state index in [-0.39, 0.29) is 5.91 Å². The second-order valence-electron chi connectivity index (χ2n) is 4.12. The molecule has 1 aromatic rings. The maximum atomic E-state index is 12.0. The Morgan fingerprint density at radius 2 is 2.53 bits per heavy atom. The van der Waals surface area contributed by atoms with Crippen LogP contribution in [0.5, 0.6) is 0 Å². The van der Waals surface area contributed by atoms with E-state index in [0.29, 0.717) is 17.6 Å². The van der Waals surface area contributed by atoms with Crippen molar-refractivity contribution in [3.05, 3.63) is 18.0 Å². The predicted octanol–water partition coefficient (Wildman–Crippen LogP) is 0.251. The molecule has 0 saturated carbocycles. The van der Waals surface area contributed by atoms with Crippen LogP contribution in [0.1, 0.15) is 23.2 Å². The maximum absolute atomic E-state index is 12.0. The molecule has 2 atom stereocenters. The van der Waals surface area contributed by atoms with Gasteiger partial charge in [-0.25, -0.2) is 0 Å². The van der Waals surface area contributed by atoms with Crippen molar-refractivity contribution >= 4 is 5.91 Å². The molecule has 2 unspecified atom stereocenters. The van der Waals surface area contributed by atoms with Gasteiger partial charge in [-0.15, -0.1) is 0 Å². The summed E-state index contributed by atoms with van der Waals surface area (Å²) in [4.78, 5) is 14.0. The molecule has 0 bridgehead atoms. The molecule has 15 heavy (non-hydrogen) atoms. The van der Waals surface area contributed by atoms with Gasteiger partial charge >= 0.3 is 0 Å². The molecule has 0 aromatic carbocycles. The van der Waals surface area contributed by atoms with Gasteiger partial charge in [-0.05, 0) is 19.4 Å². The van der Waals surface area contributed by atoms with E-state index in [1.165, 1.54) is 12.5 Å². The fourth-order valence-electron chi connectivity index (χ4n) is 2.59. The monoisotopic (exact) mass is 207 g/mol. The van der Waals surface area contributed by atoms with E-state index in [9.17, 15) is 4.79 Å². The summed E-state index contributed by atoms with van der Waals surface area (Å²) in [5.74, 6) is 0.0486. The van der Waals surface area contributed by atoms with Crippen LogP contribution in [0.2, 0.25) is 0 Å². The summed E-state index contributed by atoms with van der Waals surface area (Å²) in [6.07, 6.45) is 5.01. The van der Waals surface area contributed by atoms with Gasteiger partial charge in [0, 0.05) is 18.6 Å². The molecule has 2 aliphatic rings. The summed E-state index contributed by atoms with van der Waals surface area (Å²) in [6.45, 7) is 1.86. The highest BCUT2D eigenvalue weighted by Gasteiger charge is 2.40. The van der Waals surface area contributed by atoms with Crippen molar-refractivity contribution in [2.24, 2.45) is 0 Å². The minimum atomic E-state index is 0.0486. The fourth-order valence-corrected chi connectivity index (χ4v) is 2.59. The molecule has 0 aliphatic carbocycles. The van der Waals surface area contributed by atoms with Gasteiger partial charge in [-0.3, -0.25) is 4.79 Å². The van der Waals surface area contributed by atoms with Crippen molar-refractivity contribution in [1.82, 2.24) is 15.4 Å². The van der Waals surface area contributed by atoms with Gasteiger partial charge in [0.1, 0.15) is 6.26 Å². The molecule has 3 rings (SSSR count). The number of rotatable bonds is 1. The highest BCUT2D eigenvalue weighted by Crippen LogP contribution is 2.26. The van der Waals surface area contributed by atoms with E-state index in [2.05, 4.69) is 10.5 Å². The first-order chi connectivity index (χ1) is 7.36. The Labute approximate surface area is 87.4 Å². The van der Waals surface area contributed by atoms with Crippen molar-refractivity contribution in [2.75, 3.05) is 13.1 Å². The van der Waals surface area contributed by atoms with Crippen molar-refractivity contribution in [3.8, 4) is 0 Å². The first kappa shape index (κ1) is 8.91. The van der Waals surface area contributed by atoms with Crippen molar-refractivity contribution in [3.63, 3.8) is 0 Å². The summed E-state index contributed by atoms with van der Waals surface area (Å²) >= 11 is 0. The summed E-state index contributed by atoms with van der Waals surface area (Å²) in [5.41, 5.74) is 0.558. The Bertz CT molecular complexity index is 363. The molecule has 3 heterocycles. The SMILES string of the molecule is O=C(c1cnoc1)N1CCC2NCCC21. The van der Waals surface area contributed by atoms with Crippen LogP contribution in [0.3, 0.4) is 0 Å². The Balaban J connectivity index is 1.80. The maximum Gasteiger partial charge on any atom is 0.259 e. The van der Waals surface area contributed by atoms with E-state index in [0.717, 1.165) is 25.9 Å². The van der Waals surface area contributed by atoms with Gasteiger partial charge in [-0.2, -0.15) is 0 Å². The highest BCUT2D eigenvalue weighted by molar-refractivity contribution is 5.94. The second-order valence-corrected chi connectivity index (χ2v) is 4.12. The van der Waals surface area contributed by atoms with Crippen LogP contribution in [0.4, 0.5) is 0 Å². The van der Waals surface area contributed by atoms with E-state index in [4.69, 9.17) is 4.52 Å². The second kappa shape index (κ2) is 3.34. The van der Waals surface area contributed by atoms with Gasteiger partial charge < -0.3 is 14.7 Å². The lowest BCUT2D eigenvalue weighted by Crippen LogP contribution is -2.38. The molecule has 5 heteroatoms. The zero-order chi connectivity index (χ0) is 10.3. The van der Waals surface area contributed by atoms with Crippen molar-refractivity contribution in [2.45, 2.75) is 24.9 Å². The summed E-state index contributed by atoms with van der Waals surface area (Å²) in [5, 5.41) is 6.98. The Morgan fingerprint density at radius 3 is 3.33 bits per heavy atom. The third kappa shape index (κ3) is 1.34. The van der Waals surface area contributed by atoms with Crippen LogP contribution in [-0.2, 0) is 0 Å². The number of hydrogen-bond donors (Lipinski definition) is 1. The number of nitrogens with zero attached hydrogens (tertiary/aromatic N) is 2. The lowest BCUT2D eigenvalue weighted by molar-refractivity contribution is 0.0736. The van der Waals surface area contributed by atoms with Gasteiger partial charge in [-0.1, -0.05) is 5.16 Å². The number of aromatic nitrogens is 1. The van der Waals surface area contributed by atoms with Crippen LogP contribution in [0.25, 0.3) is 0 Å². The Hall–Kier alpha value is -1.36. The zero-order valence-electron chi connectivity index (χ0n) is 8.35. The first-order valence-corrected chi connectivity index (χ1v) is 5.30. The normalized spacial score (nSPS) is 29.5. The molecule has 2 aliphatic heterocycles. The van der Waals surface area contributed by atoms with E-state index in [1.54, 1.807) is 0 Å². The number of hydrogen-bond acceptors (Lipinski definition) is 4. The minimum Gasteiger partial charge on any atom is -0.364 e. The summed E-state index contributed by atoms with van der Waals surface area (Å²) < 4.78 is 4.69. The number of carbonyl (C=O) groups is 1. The lowest BCUT2D eigenvalue weighted by atomic mass is 10.1. The van der Waals surface area contributed by atoms with E-state index in [1.807, 2.05) is 4.90 Å². The number of nitrogens with one attached hydrogen (secondary N) is 1. The molecule has 1 amide bonds. The number of fused-ring (bicyclic) bond motifs is 1. The average molecular weight is 207 g/mol. The van der Waals surface area contributed by atoms with Crippen LogP contribution in [0, 0.1) is 0 Å². The topological polar surface area (TPSA) is 58.4 Å². The lowest BCUT2D eigenvalue weighted by Gasteiger charge is -2.22. The standard InChI is InChI=1S/C10H13N3O2/c14-10(7-5-12-15-6-7)13-4-2-8-9(13)1-3-11-8/h5-6,8-9,11H,1-4H2. The van der Waals surface area contributed by atoms with Crippen molar-refractivity contribution in [1.29, 1.82) is 0 Å². The average Bonchev–Trinajstić information content (AvgIpc) is 2.94. The van der Waals surface area contributed by atoms with Crippen LogP contribution < -0.4 is 5.32 Å². The van der Waals surface area contributed by atoms with Gasteiger partial charge in [0.15, 0.2) is 0 Å². The Morgan fingerprint density at radius 1 is 1.60 bits per heavy atom. The third-order valence-corrected chi connectivity index (χ3v) is 3.33. The molecular formula is C10H13N3O2. The number of amides is 1. The highest BCUT2D eigenvalue weighted by atomic mass is 16.5. The number of likely N-dealkylation sites (tertiary alicyclic amines) is 1. The molecule has 0 radical (unpaired) electrons. The van der Waals surface area contributed by atoms with Crippen LogP contribution >= 0.6 is 0 Å². The zero-order valence-corrected chi connectivity index (χ0v) is 8.35. The molecule has 1 aromatic heterocycles. The first-order valence-electron chi connectivity index (χ1n) is 5.30. The fraction of sp³-hybridized carbons (Fsp3) is 0.600. The predicted molar refractivity (Wildman–Crippen MR) is 52.4 cm³/mol. The smallest absolute Gasteiger partial charge is 0.259 e. The van der Waals surface area contributed by atoms with E-state index >= 15 is 0 Å². The molecule has 2 fully saturated rings. The molecule has 2 saturated heterocycles. The van der Waals surface area contributed by atoms with Crippen LogP contribution in [0.15, 0.2) is 17.0 Å². The van der Waals surface area contributed by atoms with Gasteiger partial charge in [0.2, 0.25) is 0 Å². The molecule has 80 valence electrons. The largest absolute Gasteiger partial charge is 0.364 e. The Kier molecular flexibility index (Phi) is 1.98. The molecule has 1 N–H and O–H groups in total. The van der Waals surface area contributed by atoms with Crippen LogP contribution in [-0.4, -0.2) is 41.1 Å². The third-order valence-electron chi connectivity index (χ3n) is 3.33.